The van der Waals surface area contributed by atoms with Crippen molar-refractivity contribution in [1.29, 1.82) is 0 Å². The summed E-state index contributed by atoms with van der Waals surface area (Å²) in [5.41, 5.74) is 0.843. The summed E-state index contributed by atoms with van der Waals surface area (Å²) in [6.45, 7) is 7.19. The van der Waals surface area contributed by atoms with Crippen LogP contribution in [0.5, 0.6) is 0 Å². The second-order valence-corrected chi connectivity index (χ2v) is 21.4. The first-order valence-electron chi connectivity index (χ1n) is 24.0. The van der Waals surface area contributed by atoms with Crippen LogP contribution in [0.15, 0.2) is 11.6 Å². The fourth-order valence-electron chi connectivity index (χ4n) is 14.0. The lowest BCUT2D eigenvalue weighted by molar-refractivity contribution is -0.365. The highest BCUT2D eigenvalue weighted by atomic mass is 16.7. The molecule has 4 saturated heterocycles. The molecule has 8 rings (SSSR count). The molecule has 0 aromatic carbocycles. The third-order valence-electron chi connectivity index (χ3n) is 17.8. The van der Waals surface area contributed by atoms with Gasteiger partial charge in [0.25, 0.3) is 0 Å². The number of hydrogen-bond acceptors (Lipinski definition) is 20. The lowest BCUT2D eigenvalue weighted by atomic mass is 9.46. The molecular formula is C46H76O20. The predicted octanol–water partition coefficient (Wildman–Crippen LogP) is -2.23. The quantitative estimate of drug-likeness (QED) is 0.0820. The Balaban J connectivity index is 0.878. The van der Waals surface area contributed by atoms with Crippen LogP contribution in [0.4, 0.5) is 0 Å². The number of ether oxygens (including phenoxy) is 8. The van der Waals surface area contributed by atoms with Gasteiger partial charge in [0.2, 0.25) is 0 Å². The van der Waals surface area contributed by atoms with Gasteiger partial charge in [-0.1, -0.05) is 39.3 Å². The van der Waals surface area contributed by atoms with E-state index in [0.29, 0.717) is 43.4 Å². The molecule has 66 heavy (non-hydrogen) atoms. The van der Waals surface area contributed by atoms with Crippen molar-refractivity contribution in [1.82, 2.24) is 0 Å². The minimum Gasteiger partial charge on any atom is -0.394 e. The Morgan fingerprint density at radius 2 is 1.33 bits per heavy atom. The van der Waals surface area contributed by atoms with Gasteiger partial charge in [0, 0.05) is 19.4 Å². The zero-order valence-corrected chi connectivity index (χ0v) is 38.6. The maximum atomic E-state index is 11.8. The lowest BCUT2D eigenvalue weighted by Gasteiger charge is -2.59. The maximum Gasteiger partial charge on any atom is 0.187 e. The highest BCUT2D eigenvalue weighted by Crippen LogP contribution is 2.70. The van der Waals surface area contributed by atoms with Crippen LogP contribution in [0.25, 0.3) is 0 Å². The first-order chi connectivity index (χ1) is 31.3. The molecule has 12 N–H and O–H groups in total. The van der Waals surface area contributed by atoms with E-state index in [1.807, 2.05) is 6.92 Å². The Morgan fingerprint density at radius 1 is 0.742 bits per heavy atom. The summed E-state index contributed by atoms with van der Waals surface area (Å²) in [6, 6.07) is 0. The van der Waals surface area contributed by atoms with E-state index >= 15 is 0 Å². The van der Waals surface area contributed by atoms with E-state index in [1.165, 1.54) is 5.57 Å². The summed E-state index contributed by atoms with van der Waals surface area (Å²) >= 11 is 0. The van der Waals surface area contributed by atoms with E-state index < -0.39 is 130 Å². The highest BCUT2D eigenvalue weighted by molar-refractivity contribution is 5.27. The Kier molecular flexibility index (Phi) is 15.4. The Hall–Kier alpha value is -1.06. The molecule has 4 aliphatic carbocycles. The molecule has 0 amide bonds. The minimum absolute atomic E-state index is 0.00335. The topological polar surface area (TPSA) is 317 Å². The summed E-state index contributed by atoms with van der Waals surface area (Å²) in [5.74, 6) is 0.610. The summed E-state index contributed by atoms with van der Waals surface area (Å²) < 4.78 is 47.9. The number of fused-ring (bicyclic) bond motifs is 7. The number of aliphatic hydroxyl groups excluding tert-OH is 12. The van der Waals surface area contributed by atoms with E-state index in [9.17, 15) is 61.3 Å². The Morgan fingerprint density at radius 3 is 1.97 bits per heavy atom. The third-order valence-corrected chi connectivity index (χ3v) is 17.8. The van der Waals surface area contributed by atoms with E-state index in [2.05, 4.69) is 26.8 Å². The third kappa shape index (κ3) is 8.77. The molecule has 3 saturated carbocycles. The molecule has 0 bridgehead atoms. The molecule has 20 heteroatoms. The van der Waals surface area contributed by atoms with E-state index in [1.54, 1.807) is 7.11 Å². The molecule has 27 atom stereocenters. The minimum atomic E-state index is -1.79. The predicted molar refractivity (Wildman–Crippen MR) is 225 cm³/mol. The molecule has 380 valence electrons. The van der Waals surface area contributed by atoms with Gasteiger partial charge >= 0.3 is 0 Å². The second kappa shape index (κ2) is 19.9. The molecule has 0 aromatic rings. The van der Waals surface area contributed by atoms with Crippen molar-refractivity contribution in [2.45, 2.75) is 195 Å². The molecular weight excluding hydrogens is 872 g/mol. The van der Waals surface area contributed by atoms with Crippen molar-refractivity contribution in [3.63, 3.8) is 0 Å². The monoisotopic (exact) mass is 948 g/mol. The molecule has 0 radical (unpaired) electrons. The normalized spacial score (nSPS) is 54.2. The van der Waals surface area contributed by atoms with Gasteiger partial charge in [0.1, 0.15) is 73.2 Å². The number of aliphatic hydroxyl groups is 12. The molecule has 8 aliphatic rings. The summed E-state index contributed by atoms with van der Waals surface area (Å²) in [7, 11) is 1.70. The average Bonchev–Trinajstić information content (AvgIpc) is 3.76. The van der Waals surface area contributed by atoms with Crippen molar-refractivity contribution in [3.8, 4) is 0 Å². The number of methoxy groups -OCH3 is 1. The fraction of sp³-hybridized carbons (Fsp3) is 0.957. The van der Waals surface area contributed by atoms with Crippen LogP contribution in [-0.2, 0) is 37.9 Å². The van der Waals surface area contributed by atoms with Gasteiger partial charge < -0.3 is 99.2 Å². The van der Waals surface area contributed by atoms with Crippen LogP contribution < -0.4 is 0 Å². The molecule has 4 aliphatic heterocycles. The number of allylic oxidation sites excluding steroid dienone is 1. The van der Waals surface area contributed by atoms with E-state index in [4.69, 9.17) is 37.9 Å². The number of rotatable bonds is 14. The molecule has 20 nitrogen and oxygen atoms in total. The lowest BCUT2D eigenvalue weighted by Crippen LogP contribution is -2.65. The van der Waals surface area contributed by atoms with Crippen LogP contribution in [0.2, 0.25) is 0 Å². The smallest absolute Gasteiger partial charge is 0.187 e. The van der Waals surface area contributed by atoms with Crippen LogP contribution in [0, 0.1) is 46.3 Å². The van der Waals surface area contributed by atoms with Crippen molar-refractivity contribution >= 4 is 0 Å². The Bertz CT molecular complexity index is 1670. The van der Waals surface area contributed by atoms with Gasteiger partial charge in [0.05, 0.1) is 44.7 Å². The first-order valence-corrected chi connectivity index (χ1v) is 24.0. The van der Waals surface area contributed by atoms with Gasteiger partial charge in [-0.15, -0.1) is 0 Å². The zero-order valence-electron chi connectivity index (χ0n) is 38.6. The zero-order chi connectivity index (χ0) is 47.8. The molecule has 7 fully saturated rings. The van der Waals surface area contributed by atoms with E-state index in [0.717, 1.165) is 25.7 Å². The summed E-state index contributed by atoms with van der Waals surface area (Å²) in [4.78, 5) is 0. The molecule has 0 unspecified atom stereocenters. The molecule has 0 aromatic heterocycles. The number of hydrogen-bond donors (Lipinski definition) is 12. The van der Waals surface area contributed by atoms with Crippen molar-refractivity contribution in [2.75, 3.05) is 33.5 Å². The van der Waals surface area contributed by atoms with Gasteiger partial charge in [-0.2, -0.15) is 0 Å². The fourth-order valence-corrected chi connectivity index (χ4v) is 14.0. The van der Waals surface area contributed by atoms with Crippen LogP contribution in [0.3, 0.4) is 0 Å². The van der Waals surface area contributed by atoms with Crippen LogP contribution >= 0.6 is 0 Å². The summed E-state index contributed by atoms with van der Waals surface area (Å²) in [6.07, 6.45) is -16.1. The largest absolute Gasteiger partial charge is 0.394 e. The van der Waals surface area contributed by atoms with Gasteiger partial charge in [0.15, 0.2) is 24.7 Å². The van der Waals surface area contributed by atoms with Gasteiger partial charge in [-0.25, -0.2) is 0 Å². The van der Waals surface area contributed by atoms with Crippen molar-refractivity contribution in [3.05, 3.63) is 11.6 Å². The van der Waals surface area contributed by atoms with Gasteiger partial charge in [-0.3, -0.25) is 0 Å². The second-order valence-electron chi connectivity index (χ2n) is 21.4. The average molecular weight is 949 g/mol. The van der Waals surface area contributed by atoms with Crippen molar-refractivity contribution in [2.24, 2.45) is 46.3 Å². The maximum absolute atomic E-state index is 11.8. The summed E-state index contributed by atoms with van der Waals surface area (Å²) in [5, 5.41) is 125. The van der Waals surface area contributed by atoms with E-state index in [-0.39, 0.29) is 41.3 Å². The molecule has 0 spiro atoms. The Labute approximate surface area is 385 Å². The SMILES string of the molecule is CO[C@]1(CC[C@H](C)CO[C@@H]2O[C@H](CO)[C@@H](O)[C@H](O)[C@H]2O)O[C@H]2C[C@H]3[C@@H]4CC=C5C[C@@H](O[C@@H]6O[C@H](CO)[C@H](O[C@@H]7O[C@H](CO)[C@@H](O)[C@H](O)[C@H]7O)[C@H](O)[C@H]6O)[C@H](O)C[C@]5(C)[C@H]4CC[C@]3(C)[C@H]2[C@@H]1C. The standard InChI is InChI=1S/C46H76O20/c1-19(18-60-41-37(56)34(53)32(51)28(15-47)62-41)8-11-46(59-5)20(2)31-27(66-46)13-24-22-7-6-21-12-26(25(50)14-45(21,4)23(22)9-10-44(24,31)3)61-42-39(58)36(55)40(30(17-49)64-42)65-43-38(57)35(54)33(52)29(16-48)63-43/h6,19-20,22-43,47-58H,7-18H2,1-5H3/t19-,20-,22+,23-,24-,25+,26+,27-,28+,29+,30+,31-,32+,33+,34-,35-,36+,37+,38+,39+,40-,41+,42+,43-,44-,45-,46+/m0/s1. The first kappa shape index (κ1) is 51.3. The highest BCUT2D eigenvalue weighted by Gasteiger charge is 2.68. The van der Waals surface area contributed by atoms with Crippen LogP contribution in [-0.4, -0.2) is 211 Å². The van der Waals surface area contributed by atoms with Gasteiger partial charge in [-0.05, 0) is 85.4 Å². The molecule has 4 heterocycles. The van der Waals surface area contributed by atoms with Crippen LogP contribution in [0.1, 0.15) is 79.1 Å². The van der Waals surface area contributed by atoms with Crippen molar-refractivity contribution < 1.29 is 99.2 Å².